The highest BCUT2D eigenvalue weighted by Gasteiger charge is 2.04. The van der Waals surface area contributed by atoms with Crippen molar-refractivity contribution in [3.8, 4) is 0 Å². The van der Waals surface area contributed by atoms with Gasteiger partial charge in [-0.1, -0.05) is 30.3 Å². The number of hydrogen-bond acceptors (Lipinski definition) is 4. The molecule has 2 aromatic rings. The standard InChI is InChI=1S/C11H10N2O2S/c14-11(13-10-12-6-7-16-10)15-8-9-4-2-1-3-5-9/h1-7H,8H2,(H,12,13,14). The monoisotopic (exact) mass is 234 g/mol. The molecule has 0 fully saturated rings. The van der Waals surface area contributed by atoms with Crippen LogP contribution in [0.5, 0.6) is 0 Å². The molecule has 0 radical (unpaired) electrons. The van der Waals surface area contributed by atoms with E-state index in [0.29, 0.717) is 5.13 Å². The fourth-order valence-electron chi connectivity index (χ4n) is 1.13. The van der Waals surface area contributed by atoms with Crippen LogP contribution < -0.4 is 5.32 Å². The zero-order chi connectivity index (χ0) is 11.2. The summed E-state index contributed by atoms with van der Waals surface area (Å²) in [7, 11) is 0. The minimum atomic E-state index is -0.487. The number of thiazole rings is 1. The van der Waals surface area contributed by atoms with Crippen molar-refractivity contribution in [1.82, 2.24) is 4.98 Å². The van der Waals surface area contributed by atoms with Crippen LogP contribution in [0, 0.1) is 0 Å². The maximum Gasteiger partial charge on any atom is 0.413 e. The van der Waals surface area contributed by atoms with Crippen LogP contribution in [-0.2, 0) is 11.3 Å². The van der Waals surface area contributed by atoms with Crippen LogP contribution in [0.2, 0.25) is 0 Å². The van der Waals surface area contributed by atoms with E-state index in [9.17, 15) is 4.79 Å². The topological polar surface area (TPSA) is 51.2 Å². The Kier molecular flexibility index (Phi) is 3.50. The number of carbonyl (C=O) groups is 1. The van der Waals surface area contributed by atoms with Gasteiger partial charge in [-0.25, -0.2) is 9.78 Å². The minimum Gasteiger partial charge on any atom is -0.444 e. The molecule has 1 N–H and O–H groups in total. The highest BCUT2D eigenvalue weighted by molar-refractivity contribution is 7.13. The second-order valence-corrected chi connectivity index (χ2v) is 3.92. The normalized spacial score (nSPS) is 9.75. The molecular formula is C11H10N2O2S. The smallest absolute Gasteiger partial charge is 0.413 e. The van der Waals surface area contributed by atoms with E-state index in [2.05, 4.69) is 10.3 Å². The third-order valence-electron chi connectivity index (χ3n) is 1.85. The van der Waals surface area contributed by atoms with E-state index in [4.69, 9.17) is 4.74 Å². The van der Waals surface area contributed by atoms with Crippen LogP contribution in [0.25, 0.3) is 0 Å². The Morgan fingerprint density at radius 1 is 1.38 bits per heavy atom. The summed E-state index contributed by atoms with van der Waals surface area (Å²) in [4.78, 5) is 15.2. The molecule has 2 rings (SSSR count). The van der Waals surface area contributed by atoms with Gasteiger partial charge in [0.25, 0.3) is 0 Å². The minimum absolute atomic E-state index is 0.262. The van der Waals surface area contributed by atoms with E-state index < -0.39 is 6.09 Å². The number of carbonyl (C=O) groups excluding carboxylic acids is 1. The van der Waals surface area contributed by atoms with Crippen LogP contribution >= 0.6 is 11.3 Å². The zero-order valence-electron chi connectivity index (χ0n) is 8.42. The molecule has 0 atom stereocenters. The molecule has 0 unspecified atom stereocenters. The number of benzene rings is 1. The molecule has 5 heteroatoms. The van der Waals surface area contributed by atoms with Crippen LogP contribution in [0.3, 0.4) is 0 Å². The number of nitrogens with zero attached hydrogens (tertiary/aromatic N) is 1. The molecule has 0 spiro atoms. The molecule has 0 saturated carbocycles. The van der Waals surface area contributed by atoms with Crippen LogP contribution in [0.1, 0.15) is 5.56 Å². The first-order chi connectivity index (χ1) is 7.84. The second kappa shape index (κ2) is 5.27. The van der Waals surface area contributed by atoms with Gasteiger partial charge in [-0.3, -0.25) is 5.32 Å². The quantitative estimate of drug-likeness (QED) is 0.888. The highest BCUT2D eigenvalue weighted by Crippen LogP contribution is 2.10. The Morgan fingerprint density at radius 3 is 2.88 bits per heavy atom. The van der Waals surface area contributed by atoms with Crippen molar-refractivity contribution in [2.45, 2.75) is 6.61 Å². The molecule has 16 heavy (non-hydrogen) atoms. The van der Waals surface area contributed by atoms with Gasteiger partial charge < -0.3 is 4.74 Å². The zero-order valence-corrected chi connectivity index (χ0v) is 9.24. The van der Waals surface area contributed by atoms with E-state index in [-0.39, 0.29) is 6.61 Å². The van der Waals surface area contributed by atoms with Gasteiger partial charge in [0, 0.05) is 11.6 Å². The average Bonchev–Trinajstić information content (AvgIpc) is 2.81. The Hall–Kier alpha value is -1.88. The summed E-state index contributed by atoms with van der Waals surface area (Å²) in [5.74, 6) is 0. The molecule has 0 aliphatic heterocycles. The second-order valence-electron chi connectivity index (χ2n) is 3.02. The molecule has 4 nitrogen and oxygen atoms in total. The van der Waals surface area contributed by atoms with Gasteiger partial charge in [0.1, 0.15) is 6.61 Å². The SMILES string of the molecule is O=C(Nc1nccs1)OCc1ccccc1. The van der Waals surface area contributed by atoms with Gasteiger partial charge in [0.15, 0.2) is 5.13 Å². The van der Waals surface area contributed by atoms with Crippen molar-refractivity contribution in [2.75, 3.05) is 5.32 Å². The number of aromatic nitrogens is 1. The van der Waals surface area contributed by atoms with Crippen LogP contribution in [0.15, 0.2) is 41.9 Å². The van der Waals surface area contributed by atoms with E-state index in [1.807, 2.05) is 30.3 Å². The van der Waals surface area contributed by atoms with Gasteiger partial charge in [0.05, 0.1) is 0 Å². The van der Waals surface area contributed by atoms with Crippen molar-refractivity contribution in [3.63, 3.8) is 0 Å². The van der Waals surface area contributed by atoms with E-state index in [1.54, 1.807) is 11.6 Å². The number of ether oxygens (including phenoxy) is 1. The number of anilines is 1. The van der Waals surface area contributed by atoms with Gasteiger partial charge in [0.2, 0.25) is 0 Å². The van der Waals surface area contributed by atoms with Crippen molar-refractivity contribution in [1.29, 1.82) is 0 Å². The Labute approximate surface area is 96.9 Å². The molecule has 0 bridgehead atoms. The molecule has 1 amide bonds. The lowest BCUT2D eigenvalue weighted by atomic mass is 10.2. The molecular weight excluding hydrogens is 224 g/mol. The summed E-state index contributed by atoms with van der Waals surface area (Å²) >= 11 is 1.35. The van der Waals surface area contributed by atoms with Gasteiger partial charge in [-0.05, 0) is 5.56 Å². The lowest BCUT2D eigenvalue weighted by Gasteiger charge is -2.04. The van der Waals surface area contributed by atoms with Crippen molar-refractivity contribution < 1.29 is 9.53 Å². The van der Waals surface area contributed by atoms with E-state index in [0.717, 1.165) is 5.56 Å². The fourth-order valence-corrected chi connectivity index (χ4v) is 1.65. The van der Waals surface area contributed by atoms with E-state index >= 15 is 0 Å². The molecule has 1 heterocycles. The molecule has 0 saturated heterocycles. The van der Waals surface area contributed by atoms with Crippen LogP contribution in [-0.4, -0.2) is 11.1 Å². The number of rotatable bonds is 3. The first-order valence-corrected chi connectivity index (χ1v) is 5.60. The van der Waals surface area contributed by atoms with Crippen molar-refractivity contribution >= 4 is 22.6 Å². The Bertz CT molecular complexity index is 442. The molecule has 1 aromatic heterocycles. The lowest BCUT2D eigenvalue weighted by Crippen LogP contribution is -2.13. The van der Waals surface area contributed by atoms with Gasteiger partial charge in [-0.15, -0.1) is 11.3 Å². The van der Waals surface area contributed by atoms with Gasteiger partial charge >= 0.3 is 6.09 Å². The molecule has 1 aromatic carbocycles. The molecule has 82 valence electrons. The highest BCUT2D eigenvalue weighted by atomic mass is 32.1. The summed E-state index contributed by atoms with van der Waals surface area (Å²) in [5.41, 5.74) is 0.955. The summed E-state index contributed by atoms with van der Waals surface area (Å²) in [6.07, 6.45) is 1.14. The maximum absolute atomic E-state index is 11.3. The maximum atomic E-state index is 11.3. The fraction of sp³-hybridized carbons (Fsp3) is 0.0909. The third kappa shape index (κ3) is 3.06. The summed E-state index contributed by atoms with van der Waals surface area (Å²) in [6, 6.07) is 9.52. The third-order valence-corrected chi connectivity index (χ3v) is 2.54. The lowest BCUT2D eigenvalue weighted by molar-refractivity contribution is 0.155. The largest absolute Gasteiger partial charge is 0.444 e. The first-order valence-electron chi connectivity index (χ1n) is 4.72. The first kappa shape index (κ1) is 10.6. The number of hydrogen-bond donors (Lipinski definition) is 1. The number of amides is 1. The van der Waals surface area contributed by atoms with E-state index in [1.165, 1.54) is 11.3 Å². The predicted octanol–water partition coefficient (Wildman–Crippen LogP) is 2.89. The summed E-state index contributed by atoms with van der Waals surface area (Å²) < 4.78 is 5.02. The Morgan fingerprint density at radius 2 is 2.19 bits per heavy atom. The van der Waals surface area contributed by atoms with Crippen molar-refractivity contribution in [2.24, 2.45) is 0 Å². The Balaban J connectivity index is 1.80. The summed E-state index contributed by atoms with van der Waals surface area (Å²) in [6.45, 7) is 0.262. The predicted molar refractivity (Wildman–Crippen MR) is 62.4 cm³/mol. The van der Waals surface area contributed by atoms with Crippen LogP contribution in [0.4, 0.5) is 9.93 Å². The van der Waals surface area contributed by atoms with Gasteiger partial charge in [-0.2, -0.15) is 0 Å². The summed E-state index contributed by atoms with van der Waals surface area (Å²) in [5, 5.41) is 4.86. The number of nitrogens with one attached hydrogen (secondary N) is 1. The van der Waals surface area contributed by atoms with Crippen molar-refractivity contribution in [3.05, 3.63) is 47.5 Å². The average molecular weight is 234 g/mol. The molecule has 0 aliphatic carbocycles. The molecule has 0 aliphatic rings.